The summed E-state index contributed by atoms with van der Waals surface area (Å²) in [5.74, 6) is 0. The minimum absolute atomic E-state index is 0.759. The fraction of sp³-hybridized carbons (Fsp3) is 0.308. The summed E-state index contributed by atoms with van der Waals surface area (Å²) in [5, 5.41) is 10.1. The van der Waals surface area contributed by atoms with E-state index in [1.165, 1.54) is 35.0 Å². The van der Waals surface area contributed by atoms with Gasteiger partial charge in [-0.05, 0) is 49.4 Å². The summed E-state index contributed by atoms with van der Waals surface area (Å²) in [5.41, 5.74) is 4.76. The van der Waals surface area contributed by atoms with Gasteiger partial charge in [0.1, 0.15) is 0 Å². The minimum atomic E-state index is 0.759. The zero-order chi connectivity index (χ0) is 10.3. The molecule has 3 rings (SSSR count). The molecule has 0 radical (unpaired) electrons. The van der Waals surface area contributed by atoms with E-state index >= 15 is 0 Å². The van der Waals surface area contributed by atoms with Crippen LogP contribution >= 0.6 is 0 Å². The molecule has 74 valence electrons. The van der Waals surface area contributed by atoms with Crippen LogP contribution in [0.3, 0.4) is 0 Å². The Labute approximate surface area is 88.5 Å². The number of hydrogen-bond acceptors (Lipinski definition) is 1. The molecule has 0 spiro atoms. The maximum absolute atomic E-state index is 8.88. The van der Waals surface area contributed by atoms with Crippen LogP contribution in [0.15, 0.2) is 18.2 Å². The predicted octanol–water partition coefficient (Wildman–Crippen LogP) is 2.92. The van der Waals surface area contributed by atoms with Gasteiger partial charge in [0.15, 0.2) is 0 Å². The summed E-state index contributed by atoms with van der Waals surface area (Å²) >= 11 is 0. The molecule has 0 fully saturated rings. The molecule has 15 heavy (non-hydrogen) atoms. The van der Waals surface area contributed by atoms with E-state index in [9.17, 15) is 0 Å². The molecule has 1 aliphatic rings. The van der Waals surface area contributed by atoms with Gasteiger partial charge < -0.3 is 4.98 Å². The van der Waals surface area contributed by atoms with E-state index in [1.54, 1.807) is 0 Å². The van der Waals surface area contributed by atoms with Gasteiger partial charge >= 0.3 is 0 Å². The standard InChI is InChI=1S/C13H12N2/c14-8-9-5-6-13-11(7-9)10-3-1-2-4-12(10)15-13/h5-7,15H,1-4H2. The van der Waals surface area contributed by atoms with Crippen LogP contribution in [-0.4, -0.2) is 4.98 Å². The summed E-state index contributed by atoms with van der Waals surface area (Å²) in [4.78, 5) is 3.46. The van der Waals surface area contributed by atoms with Crippen molar-refractivity contribution >= 4 is 10.9 Å². The van der Waals surface area contributed by atoms with Crippen LogP contribution < -0.4 is 0 Å². The maximum Gasteiger partial charge on any atom is 0.0991 e. The molecule has 0 aliphatic heterocycles. The number of H-pyrrole nitrogens is 1. The number of nitrogens with one attached hydrogen (secondary N) is 1. The van der Waals surface area contributed by atoms with Crippen molar-refractivity contribution in [2.45, 2.75) is 25.7 Å². The van der Waals surface area contributed by atoms with Crippen molar-refractivity contribution in [1.82, 2.24) is 4.98 Å². The molecule has 1 heterocycles. The molecule has 2 nitrogen and oxygen atoms in total. The smallest absolute Gasteiger partial charge is 0.0991 e. The van der Waals surface area contributed by atoms with E-state index in [0.29, 0.717) is 0 Å². The zero-order valence-corrected chi connectivity index (χ0v) is 8.51. The molecule has 1 aromatic heterocycles. The number of nitrogens with zero attached hydrogens (tertiary/aromatic N) is 1. The van der Waals surface area contributed by atoms with Crippen molar-refractivity contribution in [2.75, 3.05) is 0 Å². The van der Waals surface area contributed by atoms with Gasteiger partial charge in [0, 0.05) is 16.6 Å². The molecule has 1 N–H and O–H groups in total. The number of benzene rings is 1. The summed E-state index contributed by atoms with van der Waals surface area (Å²) < 4.78 is 0. The van der Waals surface area contributed by atoms with Crippen molar-refractivity contribution in [2.24, 2.45) is 0 Å². The van der Waals surface area contributed by atoms with Crippen molar-refractivity contribution in [1.29, 1.82) is 5.26 Å². The van der Waals surface area contributed by atoms with Crippen molar-refractivity contribution in [3.05, 3.63) is 35.0 Å². The molecule has 2 aromatic rings. The van der Waals surface area contributed by atoms with Crippen LogP contribution in [0.1, 0.15) is 29.7 Å². The summed E-state index contributed by atoms with van der Waals surface area (Å²) in [6.07, 6.45) is 4.87. The van der Waals surface area contributed by atoms with Gasteiger partial charge in [-0.15, -0.1) is 0 Å². The Bertz CT molecular complexity index is 558. The first-order valence-corrected chi connectivity index (χ1v) is 5.42. The molecular weight excluding hydrogens is 184 g/mol. The van der Waals surface area contributed by atoms with Gasteiger partial charge in [-0.3, -0.25) is 0 Å². The molecule has 0 atom stereocenters. The minimum Gasteiger partial charge on any atom is -0.358 e. The quantitative estimate of drug-likeness (QED) is 0.691. The Morgan fingerprint density at radius 1 is 1.20 bits per heavy atom. The number of nitriles is 1. The lowest BCUT2D eigenvalue weighted by atomic mass is 9.95. The molecule has 0 amide bonds. The highest BCUT2D eigenvalue weighted by molar-refractivity contribution is 5.86. The third-order valence-corrected chi connectivity index (χ3v) is 3.23. The van der Waals surface area contributed by atoms with Gasteiger partial charge in [-0.2, -0.15) is 5.26 Å². The highest BCUT2D eigenvalue weighted by Gasteiger charge is 2.15. The van der Waals surface area contributed by atoms with Crippen LogP contribution in [0.25, 0.3) is 10.9 Å². The first-order valence-electron chi connectivity index (χ1n) is 5.42. The Morgan fingerprint density at radius 2 is 2.07 bits per heavy atom. The Hall–Kier alpha value is -1.75. The topological polar surface area (TPSA) is 39.6 Å². The van der Waals surface area contributed by atoms with Crippen LogP contribution in [0.4, 0.5) is 0 Å². The van der Waals surface area contributed by atoms with Crippen LogP contribution in [0, 0.1) is 11.3 Å². The molecule has 0 saturated heterocycles. The first-order chi connectivity index (χ1) is 7.38. The largest absolute Gasteiger partial charge is 0.358 e. The number of hydrogen-bond donors (Lipinski definition) is 1. The average Bonchev–Trinajstić information content (AvgIpc) is 2.66. The fourth-order valence-electron chi connectivity index (χ4n) is 2.48. The lowest BCUT2D eigenvalue weighted by molar-refractivity contribution is 0.680. The number of aromatic nitrogens is 1. The number of rotatable bonds is 0. The lowest BCUT2D eigenvalue weighted by Gasteiger charge is -2.10. The molecular formula is C13H12N2. The summed E-state index contributed by atoms with van der Waals surface area (Å²) in [7, 11) is 0. The third kappa shape index (κ3) is 1.24. The van der Waals surface area contributed by atoms with Crippen LogP contribution in [0.5, 0.6) is 0 Å². The molecule has 2 heteroatoms. The highest BCUT2D eigenvalue weighted by Crippen LogP contribution is 2.29. The monoisotopic (exact) mass is 196 g/mol. The van der Waals surface area contributed by atoms with Crippen LogP contribution in [0.2, 0.25) is 0 Å². The van der Waals surface area contributed by atoms with Crippen molar-refractivity contribution in [3.8, 4) is 6.07 Å². The van der Waals surface area contributed by atoms with E-state index in [2.05, 4.69) is 11.1 Å². The Balaban J connectivity index is 2.30. The van der Waals surface area contributed by atoms with Crippen molar-refractivity contribution < 1.29 is 0 Å². The molecule has 1 aliphatic carbocycles. The molecule has 0 saturated carbocycles. The summed E-state index contributed by atoms with van der Waals surface area (Å²) in [6.45, 7) is 0. The molecule has 1 aromatic carbocycles. The third-order valence-electron chi connectivity index (χ3n) is 3.23. The molecule has 0 unspecified atom stereocenters. The Kier molecular flexibility index (Phi) is 1.78. The average molecular weight is 196 g/mol. The van der Waals surface area contributed by atoms with E-state index < -0.39 is 0 Å². The highest BCUT2D eigenvalue weighted by atomic mass is 14.7. The first kappa shape index (κ1) is 8.55. The van der Waals surface area contributed by atoms with Gasteiger partial charge in [-0.1, -0.05) is 0 Å². The lowest BCUT2D eigenvalue weighted by Crippen LogP contribution is -1.99. The van der Waals surface area contributed by atoms with Crippen LogP contribution in [-0.2, 0) is 12.8 Å². The number of aryl methyl sites for hydroxylation is 2. The van der Waals surface area contributed by atoms with Crippen molar-refractivity contribution in [3.63, 3.8) is 0 Å². The maximum atomic E-state index is 8.88. The SMILES string of the molecule is N#Cc1ccc2[nH]c3c(c2c1)CCCC3. The van der Waals surface area contributed by atoms with E-state index in [1.807, 2.05) is 18.2 Å². The predicted molar refractivity (Wildman–Crippen MR) is 59.7 cm³/mol. The van der Waals surface area contributed by atoms with E-state index in [4.69, 9.17) is 5.26 Å². The zero-order valence-electron chi connectivity index (χ0n) is 8.51. The Morgan fingerprint density at radius 3 is 2.93 bits per heavy atom. The fourth-order valence-corrected chi connectivity index (χ4v) is 2.48. The van der Waals surface area contributed by atoms with Gasteiger partial charge in [0.2, 0.25) is 0 Å². The molecule has 0 bridgehead atoms. The van der Waals surface area contributed by atoms with Gasteiger partial charge in [0.25, 0.3) is 0 Å². The van der Waals surface area contributed by atoms with E-state index in [-0.39, 0.29) is 0 Å². The van der Waals surface area contributed by atoms with E-state index in [0.717, 1.165) is 18.4 Å². The number of aromatic amines is 1. The normalized spacial score (nSPS) is 14.9. The van der Waals surface area contributed by atoms with Gasteiger partial charge in [0.05, 0.1) is 11.6 Å². The second-order valence-corrected chi connectivity index (χ2v) is 4.16. The summed E-state index contributed by atoms with van der Waals surface area (Å²) in [6, 6.07) is 8.11. The number of fused-ring (bicyclic) bond motifs is 3. The second kappa shape index (κ2) is 3.13. The second-order valence-electron chi connectivity index (χ2n) is 4.16. The van der Waals surface area contributed by atoms with Gasteiger partial charge in [-0.25, -0.2) is 0 Å².